The van der Waals surface area contributed by atoms with Crippen molar-refractivity contribution >= 4 is 0 Å². The molecule has 1 aliphatic heterocycles. The van der Waals surface area contributed by atoms with Gasteiger partial charge in [0.2, 0.25) is 0 Å². The summed E-state index contributed by atoms with van der Waals surface area (Å²) in [6, 6.07) is 0. The van der Waals surface area contributed by atoms with Crippen LogP contribution in [0.1, 0.15) is 20.3 Å². The molecule has 0 amide bonds. The minimum Gasteiger partial charge on any atom is -0.389 e. The average Bonchev–Trinajstić information content (AvgIpc) is 2.82. The molecule has 1 N–H and O–H groups in total. The standard InChI is InChI=1S/C11H18O2/c1-5-10(12)9(4)11(7-13-11)6-8(2)3/h5,9-10,12H,1-2,6-7H2,3-4H3/t9-,10+,11-/m1/s1. The Labute approximate surface area is 79.9 Å². The number of ether oxygens (including phenoxy) is 1. The number of epoxide rings is 1. The molecule has 13 heavy (non-hydrogen) atoms. The van der Waals surface area contributed by atoms with Gasteiger partial charge in [0, 0.05) is 5.92 Å². The van der Waals surface area contributed by atoms with Crippen LogP contribution in [0.2, 0.25) is 0 Å². The molecule has 0 radical (unpaired) electrons. The zero-order valence-corrected chi connectivity index (χ0v) is 8.42. The first-order chi connectivity index (χ1) is 6.02. The van der Waals surface area contributed by atoms with Crippen molar-refractivity contribution in [2.75, 3.05) is 6.61 Å². The number of hydrogen-bond acceptors (Lipinski definition) is 2. The highest BCUT2D eigenvalue weighted by Crippen LogP contribution is 2.42. The third kappa shape index (κ3) is 2.20. The summed E-state index contributed by atoms with van der Waals surface area (Å²) in [7, 11) is 0. The van der Waals surface area contributed by atoms with Crippen LogP contribution in [0.3, 0.4) is 0 Å². The van der Waals surface area contributed by atoms with E-state index in [1.807, 2.05) is 13.8 Å². The predicted molar refractivity (Wildman–Crippen MR) is 53.5 cm³/mol. The maximum Gasteiger partial charge on any atom is 0.101 e. The van der Waals surface area contributed by atoms with Crippen LogP contribution < -0.4 is 0 Å². The Kier molecular flexibility index (Phi) is 2.94. The van der Waals surface area contributed by atoms with E-state index in [0.717, 1.165) is 18.6 Å². The Morgan fingerprint density at radius 2 is 2.31 bits per heavy atom. The first-order valence-corrected chi connectivity index (χ1v) is 4.61. The molecular weight excluding hydrogens is 164 g/mol. The van der Waals surface area contributed by atoms with Gasteiger partial charge >= 0.3 is 0 Å². The lowest BCUT2D eigenvalue weighted by atomic mass is 9.85. The minimum atomic E-state index is -0.484. The van der Waals surface area contributed by atoms with Crippen molar-refractivity contribution in [2.24, 2.45) is 5.92 Å². The predicted octanol–water partition coefficient (Wildman–Crippen LogP) is 1.90. The second-order valence-electron chi connectivity index (χ2n) is 4.00. The fourth-order valence-corrected chi connectivity index (χ4v) is 1.64. The van der Waals surface area contributed by atoms with Crippen molar-refractivity contribution in [1.29, 1.82) is 0 Å². The number of aliphatic hydroxyl groups excluding tert-OH is 1. The van der Waals surface area contributed by atoms with Gasteiger partial charge in [0.1, 0.15) is 5.60 Å². The first-order valence-electron chi connectivity index (χ1n) is 4.61. The van der Waals surface area contributed by atoms with Crippen LogP contribution in [0.25, 0.3) is 0 Å². The van der Waals surface area contributed by atoms with Gasteiger partial charge < -0.3 is 9.84 Å². The molecule has 0 bridgehead atoms. The van der Waals surface area contributed by atoms with E-state index in [4.69, 9.17) is 4.74 Å². The van der Waals surface area contributed by atoms with Gasteiger partial charge in [-0.2, -0.15) is 0 Å². The van der Waals surface area contributed by atoms with E-state index < -0.39 is 6.10 Å². The molecule has 0 aromatic carbocycles. The van der Waals surface area contributed by atoms with E-state index in [1.165, 1.54) is 0 Å². The molecule has 0 saturated carbocycles. The molecule has 0 aliphatic carbocycles. The van der Waals surface area contributed by atoms with Crippen LogP contribution in [-0.2, 0) is 4.74 Å². The zero-order chi connectivity index (χ0) is 10.1. The Morgan fingerprint density at radius 1 is 1.77 bits per heavy atom. The van der Waals surface area contributed by atoms with Crippen molar-refractivity contribution in [3.05, 3.63) is 24.8 Å². The summed E-state index contributed by atoms with van der Waals surface area (Å²) in [6.07, 6.45) is 1.91. The quantitative estimate of drug-likeness (QED) is 0.520. The molecule has 0 aromatic rings. The van der Waals surface area contributed by atoms with E-state index in [0.29, 0.717) is 0 Å². The molecule has 0 aromatic heterocycles. The molecule has 1 heterocycles. The lowest BCUT2D eigenvalue weighted by Gasteiger charge is -2.23. The molecular formula is C11H18O2. The second kappa shape index (κ2) is 3.64. The normalized spacial score (nSPS) is 30.7. The molecule has 2 nitrogen and oxygen atoms in total. The van der Waals surface area contributed by atoms with Gasteiger partial charge in [0.15, 0.2) is 0 Å². The van der Waals surface area contributed by atoms with E-state index >= 15 is 0 Å². The fourth-order valence-electron chi connectivity index (χ4n) is 1.64. The van der Waals surface area contributed by atoms with Crippen LogP contribution in [0.15, 0.2) is 24.8 Å². The third-order valence-electron chi connectivity index (χ3n) is 2.70. The maximum absolute atomic E-state index is 9.59. The first kappa shape index (κ1) is 10.5. The van der Waals surface area contributed by atoms with Crippen LogP contribution in [0.4, 0.5) is 0 Å². The molecule has 74 valence electrons. The Bertz CT molecular complexity index is 216. The van der Waals surface area contributed by atoms with Gasteiger partial charge in [-0.1, -0.05) is 18.6 Å². The minimum absolute atomic E-state index is 0.0988. The summed E-state index contributed by atoms with van der Waals surface area (Å²) in [6.45, 7) is 12.1. The van der Waals surface area contributed by atoms with E-state index in [2.05, 4.69) is 13.2 Å². The van der Waals surface area contributed by atoms with Crippen molar-refractivity contribution in [2.45, 2.75) is 32.0 Å². The number of aliphatic hydroxyl groups is 1. The summed E-state index contributed by atoms with van der Waals surface area (Å²) in [5, 5.41) is 9.59. The van der Waals surface area contributed by atoms with Crippen LogP contribution in [0.5, 0.6) is 0 Å². The van der Waals surface area contributed by atoms with Crippen molar-refractivity contribution in [1.82, 2.24) is 0 Å². The Hall–Kier alpha value is -0.600. The lowest BCUT2D eigenvalue weighted by molar-refractivity contribution is 0.0965. The van der Waals surface area contributed by atoms with E-state index in [9.17, 15) is 5.11 Å². The fraction of sp³-hybridized carbons (Fsp3) is 0.636. The summed E-state index contributed by atoms with van der Waals surface area (Å²) in [5.41, 5.74) is 0.931. The summed E-state index contributed by atoms with van der Waals surface area (Å²) >= 11 is 0. The third-order valence-corrected chi connectivity index (χ3v) is 2.70. The molecule has 1 fully saturated rings. The topological polar surface area (TPSA) is 32.8 Å². The maximum atomic E-state index is 9.59. The molecule has 2 heteroatoms. The summed E-state index contributed by atoms with van der Waals surface area (Å²) < 4.78 is 5.42. The largest absolute Gasteiger partial charge is 0.389 e. The number of hydrogen-bond donors (Lipinski definition) is 1. The SMILES string of the molecule is C=C[C@H](O)[C@@H](C)[C@@]1(CC(=C)C)CO1. The highest BCUT2D eigenvalue weighted by molar-refractivity contribution is 5.09. The van der Waals surface area contributed by atoms with Gasteiger partial charge in [0.25, 0.3) is 0 Å². The van der Waals surface area contributed by atoms with Gasteiger partial charge in [0.05, 0.1) is 12.7 Å². The monoisotopic (exact) mass is 182 g/mol. The van der Waals surface area contributed by atoms with Gasteiger partial charge in [-0.15, -0.1) is 13.2 Å². The van der Waals surface area contributed by atoms with Crippen molar-refractivity contribution < 1.29 is 9.84 Å². The average molecular weight is 182 g/mol. The highest BCUT2D eigenvalue weighted by atomic mass is 16.6. The highest BCUT2D eigenvalue weighted by Gasteiger charge is 2.50. The van der Waals surface area contributed by atoms with E-state index in [1.54, 1.807) is 6.08 Å². The summed E-state index contributed by atoms with van der Waals surface area (Å²) in [4.78, 5) is 0. The second-order valence-corrected chi connectivity index (χ2v) is 4.00. The van der Waals surface area contributed by atoms with Gasteiger partial charge in [-0.25, -0.2) is 0 Å². The zero-order valence-electron chi connectivity index (χ0n) is 8.42. The Balaban J connectivity index is 2.59. The molecule has 0 spiro atoms. The molecule has 1 aliphatic rings. The smallest absolute Gasteiger partial charge is 0.101 e. The number of rotatable bonds is 5. The molecule has 1 saturated heterocycles. The van der Waals surface area contributed by atoms with Crippen LogP contribution in [0, 0.1) is 5.92 Å². The molecule has 1 rings (SSSR count). The summed E-state index contributed by atoms with van der Waals surface area (Å²) in [5.74, 6) is 0.0988. The van der Waals surface area contributed by atoms with Gasteiger partial charge in [-0.05, 0) is 13.3 Å². The van der Waals surface area contributed by atoms with E-state index in [-0.39, 0.29) is 11.5 Å². The lowest BCUT2D eigenvalue weighted by Crippen LogP contribution is -2.31. The van der Waals surface area contributed by atoms with Crippen LogP contribution in [-0.4, -0.2) is 23.4 Å². The molecule has 0 unspecified atom stereocenters. The molecule has 3 atom stereocenters. The van der Waals surface area contributed by atoms with Crippen LogP contribution >= 0.6 is 0 Å². The Morgan fingerprint density at radius 3 is 2.62 bits per heavy atom. The van der Waals surface area contributed by atoms with Gasteiger partial charge in [-0.3, -0.25) is 0 Å². The van der Waals surface area contributed by atoms with Crippen molar-refractivity contribution in [3.63, 3.8) is 0 Å². The van der Waals surface area contributed by atoms with Crippen molar-refractivity contribution in [3.8, 4) is 0 Å².